The maximum atomic E-state index is 12.5. The fraction of sp³-hybridized carbons (Fsp3) is 0.130. The molecule has 0 saturated heterocycles. The van der Waals surface area contributed by atoms with Gasteiger partial charge in [-0.15, -0.1) is 11.8 Å². The Morgan fingerprint density at radius 2 is 1.52 bits per heavy atom. The second-order valence-electron chi connectivity index (χ2n) is 6.75. The molecule has 2 N–H and O–H groups in total. The summed E-state index contributed by atoms with van der Waals surface area (Å²) in [4.78, 5) is 25.6. The van der Waals surface area contributed by atoms with Crippen LogP contribution in [0.3, 0.4) is 0 Å². The van der Waals surface area contributed by atoms with E-state index >= 15 is 0 Å². The lowest BCUT2D eigenvalue weighted by atomic mass is 10.1. The predicted molar refractivity (Wildman–Crippen MR) is 131 cm³/mol. The third-order valence-corrected chi connectivity index (χ3v) is 6.20. The highest BCUT2D eigenvalue weighted by molar-refractivity contribution is 8.00. The molecule has 0 spiro atoms. The maximum Gasteiger partial charge on any atom is 0.237 e. The van der Waals surface area contributed by atoms with Crippen LogP contribution in [0.5, 0.6) is 0 Å². The minimum atomic E-state index is -0.350. The van der Waals surface area contributed by atoms with Crippen molar-refractivity contribution in [2.24, 2.45) is 0 Å². The van der Waals surface area contributed by atoms with Crippen LogP contribution < -0.4 is 10.6 Å². The molecule has 0 radical (unpaired) electrons. The monoisotopic (exact) mass is 492 g/mol. The number of carbonyl (C=O) groups excluding carboxylic acids is 2. The summed E-state index contributed by atoms with van der Waals surface area (Å²) in [7, 11) is 0. The van der Waals surface area contributed by atoms with Crippen molar-refractivity contribution in [1.29, 1.82) is 0 Å². The Bertz CT molecular complexity index is 1070. The summed E-state index contributed by atoms with van der Waals surface area (Å²) in [6.07, 6.45) is 0.262. The van der Waals surface area contributed by atoms with Gasteiger partial charge in [-0.25, -0.2) is 0 Å². The summed E-state index contributed by atoms with van der Waals surface area (Å²) in [5.74, 6) is -0.287. The van der Waals surface area contributed by atoms with Crippen LogP contribution in [-0.4, -0.2) is 17.1 Å². The fourth-order valence-corrected chi connectivity index (χ4v) is 4.14. The molecule has 1 unspecified atom stereocenters. The number of thioether (sulfide) groups is 1. The number of amides is 2. The van der Waals surface area contributed by atoms with Crippen molar-refractivity contribution in [3.8, 4) is 0 Å². The standard InChI is InChI=1S/C23H19Cl3N2O2S/c1-14(23(30)28-21-11-6-17(25)13-20(21)26)31-19-9-7-18(8-10-19)27-22(29)12-15-2-4-16(24)5-3-15/h2-11,13-14H,12H2,1H3,(H,27,29)(H,28,30). The lowest BCUT2D eigenvalue weighted by Crippen LogP contribution is -2.22. The van der Waals surface area contributed by atoms with E-state index in [-0.39, 0.29) is 23.5 Å². The molecule has 160 valence electrons. The minimum Gasteiger partial charge on any atom is -0.326 e. The van der Waals surface area contributed by atoms with Crippen molar-refractivity contribution in [3.63, 3.8) is 0 Å². The zero-order valence-electron chi connectivity index (χ0n) is 16.5. The number of rotatable bonds is 7. The van der Waals surface area contributed by atoms with Gasteiger partial charge in [-0.05, 0) is 67.1 Å². The summed E-state index contributed by atoms with van der Waals surface area (Å²) in [5.41, 5.74) is 2.09. The number of benzene rings is 3. The Kier molecular flexibility index (Phi) is 8.27. The van der Waals surface area contributed by atoms with E-state index in [4.69, 9.17) is 34.8 Å². The van der Waals surface area contributed by atoms with Crippen LogP contribution >= 0.6 is 46.6 Å². The molecule has 0 aliphatic carbocycles. The van der Waals surface area contributed by atoms with E-state index in [1.807, 2.05) is 43.3 Å². The number of halogens is 3. The van der Waals surface area contributed by atoms with Gasteiger partial charge in [0.1, 0.15) is 0 Å². The number of hydrogen-bond acceptors (Lipinski definition) is 3. The first-order valence-electron chi connectivity index (χ1n) is 9.37. The molecule has 31 heavy (non-hydrogen) atoms. The molecule has 0 fully saturated rings. The van der Waals surface area contributed by atoms with E-state index in [0.717, 1.165) is 10.5 Å². The van der Waals surface area contributed by atoms with Gasteiger partial charge in [0, 0.05) is 20.6 Å². The van der Waals surface area contributed by atoms with Crippen LogP contribution in [0.2, 0.25) is 15.1 Å². The average Bonchev–Trinajstić information content (AvgIpc) is 2.73. The van der Waals surface area contributed by atoms with E-state index in [2.05, 4.69) is 10.6 Å². The Hall–Kier alpha value is -2.18. The highest BCUT2D eigenvalue weighted by Crippen LogP contribution is 2.28. The summed E-state index contributed by atoms with van der Waals surface area (Å²) < 4.78 is 0. The predicted octanol–water partition coefficient (Wildman–Crippen LogP) is 6.95. The number of anilines is 2. The van der Waals surface area contributed by atoms with Crippen molar-refractivity contribution < 1.29 is 9.59 Å². The zero-order chi connectivity index (χ0) is 22.4. The molecule has 0 heterocycles. The number of carbonyl (C=O) groups is 2. The van der Waals surface area contributed by atoms with E-state index in [0.29, 0.717) is 26.4 Å². The SMILES string of the molecule is CC(Sc1ccc(NC(=O)Cc2ccc(Cl)cc2)cc1)C(=O)Nc1ccc(Cl)cc1Cl. The second kappa shape index (κ2) is 10.9. The first kappa shape index (κ1) is 23.5. The normalized spacial score (nSPS) is 11.6. The van der Waals surface area contributed by atoms with Gasteiger partial charge in [-0.2, -0.15) is 0 Å². The first-order chi connectivity index (χ1) is 14.8. The van der Waals surface area contributed by atoms with Gasteiger partial charge in [0.25, 0.3) is 0 Å². The van der Waals surface area contributed by atoms with Crippen molar-refractivity contribution >= 4 is 69.8 Å². The summed E-state index contributed by atoms with van der Waals surface area (Å²) >= 11 is 19.3. The van der Waals surface area contributed by atoms with Crippen molar-refractivity contribution in [2.45, 2.75) is 23.5 Å². The molecular weight excluding hydrogens is 475 g/mol. The minimum absolute atomic E-state index is 0.115. The molecule has 0 aliphatic rings. The van der Waals surface area contributed by atoms with Crippen LogP contribution in [0.1, 0.15) is 12.5 Å². The molecule has 0 bridgehead atoms. The van der Waals surface area contributed by atoms with Gasteiger partial charge < -0.3 is 10.6 Å². The molecule has 3 rings (SSSR count). The van der Waals surface area contributed by atoms with Gasteiger partial charge in [-0.1, -0.05) is 46.9 Å². The Labute approximate surface area is 200 Å². The lowest BCUT2D eigenvalue weighted by Gasteiger charge is -2.13. The molecule has 3 aromatic rings. The van der Waals surface area contributed by atoms with Crippen molar-refractivity contribution in [1.82, 2.24) is 0 Å². The molecule has 0 aliphatic heterocycles. The molecule has 0 saturated carbocycles. The van der Waals surface area contributed by atoms with E-state index < -0.39 is 0 Å². The second-order valence-corrected chi connectivity index (χ2v) is 9.44. The third-order valence-electron chi connectivity index (χ3n) is 4.29. The summed E-state index contributed by atoms with van der Waals surface area (Å²) in [6.45, 7) is 1.81. The van der Waals surface area contributed by atoms with Crippen LogP contribution in [0.4, 0.5) is 11.4 Å². The van der Waals surface area contributed by atoms with Gasteiger partial charge in [0.05, 0.1) is 22.4 Å². The maximum absolute atomic E-state index is 12.5. The molecule has 1 atom stereocenters. The highest BCUT2D eigenvalue weighted by Gasteiger charge is 2.16. The topological polar surface area (TPSA) is 58.2 Å². The van der Waals surface area contributed by atoms with Gasteiger partial charge in [-0.3, -0.25) is 9.59 Å². The lowest BCUT2D eigenvalue weighted by molar-refractivity contribution is -0.116. The van der Waals surface area contributed by atoms with E-state index in [1.165, 1.54) is 11.8 Å². The molecule has 3 aromatic carbocycles. The number of nitrogens with one attached hydrogen (secondary N) is 2. The van der Waals surface area contributed by atoms with Gasteiger partial charge in [0.15, 0.2) is 0 Å². The third kappa shape index (κ3) is 7.18. The summed E-state index contributed by atoms with van der Waals surface area (Å²) in [6, 6.07) is 19.4. The van der Waals surface area contributed by atoms with Crippen molar-refractivity contribution in [3.05, 3.63) is 87.4 Å². The van der Waals surface area contributed by atoms with Gasteiger partial charge in [0.2, 0.25) is 11.8 Å². The largest absolute Gasteiger partial charge is 0.326 e. The quantitative estimate of drug-likeness (QED) is 0.350. The van der Waals surface area contributed by atoms with Crippen LogP contribution in [0.15, 0.2) is 71.6 Å². The molecule has 8 heteroatoms. The fourth-order valence-electron chi connectivity index (χ4n) is 2.69. The Morgan fingerprint density at radius 3 is 2.16 bits per heavy atom. The molecular formula is C23H19Cl3N2O2S. The van der Waals surface area contributed by atoms with Crippen LogP contribution in [0, 0.1) is 0 Å². The van der Waals surface area contributed by atoms with E-state index in [9.17, 15) is 9.59 Å². The summed E-state index contributed by atoms with van der Waals surface area (Å²) in [5, 5.41) is 6.85. The molecule has 4 nitrogen and oxygen atoms in total. The highest BCUT2D eigenvalue weighted by atomic mass is 35.5. The molecule has 2 amide bonds. The van der Waals surface area contributed by atoms with E-state index in [1.54, 1.807) is 30.3 Å². The van der Waals surface area contributed by atoms with Crippen LogP contribution in [0.25, 0.3) is 0 Å². The first-order valence-corrected chi connectivity index (χ1v) is 11.4. The Balaban J connectivity index is 1.52. The van der Waals surface area contributed by atoms with Gasteiger partial charge >= 0.3 is 0 Å². The molecule has 0 aromatic heterocycles. The van der Waals surface area contributed by atoms with Crippen LogP contribution in [-0.2, 0) is 16.0 Å². The average molecular weight is 494 g/mol. The smallest absolute Gasteiger partial charge is 0.237 e. The zero-order valence-corrected chi connectivity index (χ0v) is 19.6. The number of hydrogen-bond donors (Lipinski definition) is 2. The van der Waals surface area contributed by atoms with Crippen molar-refractivity contribution in [2.75, 3.05) is 10.6 Å². The Morgan fingerprint density at radius 1 is 0.871 bits per heavy atom.